The van der Waals surface area contributed by atoms with Gasteiger partial charge in [0.15, 0.2) is 0 Å². The van der Waals surface area contributed by atoms with E-state index in [1.165, 1.54) is 0 Å². The second-order valence-electron chi connectivity index (χ2n) is 3.58. The first-order chi connectivity index (χ1) is 7.03. The van der Waals surface area contributed by atoms with Gasteiger partial charge in [-0.15, -0.1) is 0 Å². The fraction of sp³-hybridized carbons (Fsp3) is 0.333. The first-order valence-corrected chi connectivity index (χ1v) is 4.85. The highest BCUT2D eigenvalue weighted by Gasteiger charge is 2.22. The number of nitrogens with two attached hydrogens (primary N) is 1. The summed E-state index contributed by atoms with van der Waals surface area (Å²) < 4.78 is 25.7. The lowest BCUT2D eigenvalue weighted by molar-refractivity contribution is 0.0226. The third-order valence-corrected chi connectivity index (χ3v) is 1.99. The first-order valence-electron chi connectivity index (χ1n) is 4.85. The molecule has 82 valence electrons. The van der Waals surface area contributed by atoms with Gasteiger partial charge in [-0.1, -0.05) is 36.4 Å². The Morgan fingerprint density at radius 1 is 1.33 bits per heavy atom. The molecule has 0 unspecified atom stereocenters. The molecule has 0 atom stereocenters. The van der Waals surface area contributed by atoms with Crippen LogP contribution in [0.1, 0.15) is 18.1 Å². The lowest BCUT2D eigenvalue weighted by atomic mass is 10.0. The van der Waals surface area contributed by atoms with Crippen LogP contribution >= 0.6 is 0 Å². The zero-order valence-corrected chi connectivity index (χ0v) is 8.71. The number of hydrogen-bond donors (Lipinski definition) is 1. The van der Waals surface area contributed by atoms with E-state index in [-0.39, 0.29) is 6.42 Å². The Hall–Kier alpha value is -1.22. The van der Waals surface area contributed by atoms with E-state index < -0.39 is 5.92 Å². The molecule has 1 aromatic rings. The Bertz CT molecular complexity index is 340. The number of hydrogen-bond acceptors (Lipinski definition) is 1. The Morgan fingerprint density at radius 2 is 2.00 bits per heavy atom. The van der Waals surface area contributed by atoms with E-state index in [2.05, 4.69) is 0 Å². The lowest BCUT2D eigenvalue weighted by Gasteiger charge is -2.12. The standard InChI is InChI=1S/C12H15F2N/c1-12(13,14)9-11-6-3-2-5-10(11)7-4-8-15/h2-7H,8-9,15H2,1H3/b7-4+. The van der Waals surface area contributed by atoms with Crippen LogP contribution in [0.3, 0.4) is 0 Å². The van der Waals surface area contributed by atoms with Crippen LogP contribution in [-0.2, 0) is 6.42 Å². The lowest BCUT2D eigenvalue weighted by Crippen LogP contribution is -2.14. The highest BCUT2D eigenvalue weighted by atomic mass is 19.3. The summed E-state index contributed by atoms with van der Waals surface area (Å²) in [6.07, 6.45) is 3.30. The number of benzene rings is 1. The monoisotopic (exact) mass is 211 g/mol. The van der Waals surface area contributed by atoms with E-state index in [0.717, 1.165) is 12.5 Å². The summed E-state index contributed by atoms with van der Waals surface area (Å²) >= 11 is 0. The van der Waals surface area contributed by atoms with Gasteiger partial charge in [0.2, 0.25) is 5.92 Å². The average Bonchev–Trinajstić information content (AvgIpc) is 2.14. The molecule has 15 heavy (non-hydrogen) atoms. The molecule has 1 aromatic carbocycles. The third kappa shape index (κ3) is 4.21. The molecule has 0 aliphatic heterocycles. The van der Waals surface area contributed by atoms with E-state index in [1.807, 2.05) is 12.1 Å². The van der Waals surface area contributed by atoms with Crippen LogP contribution in [0.15, 0.2) is 30.3 Å². The van der Waals surface area contributed by atoms with Crippen molar-refractivity contribution in [3.8, 4) is 0 Å². The molecule has 0 aliphatic carbocycles. The average molecular weight is 211 g/mol. The fourth-order valence-electron chi connectivity index (χ4n) is 1.39. The molecule has 0 aromatic heterocycles. The maximum atomic E-state index is 12.9. The van der Waals surface area contributed by atoms with Crippen LogP contribution in [-0.4, -0.2) is 12.5 Å². The van der Waals surface area contributed by atoms with Gasteiger partial charge >= 0.3 is 0 Å². The van der Waals surface area contributed by atoms with Crippen LogP contribution in [0.5, 0.6) is 0 Å². The molecule has 0 heterocycles. The largest absolute Gasteiger partial charge is 0.327 e. The first kappa shape index (κ1) is 11.9. The number of rotatable bonds is 4. The smallest absolute Gasteiger partial charge is 0.249 e. The highest BCUT2D eigenvalue weighted by molar-refractivity contribution is 5.54. The van der Waals surface area contributed by atoms with Gasteiger partial charge in [-0.3, -0.25) is 0 Å². The summed E-state index contributed by atoms with van der Waals surface area (Å²) in [7, 11) is 0. The third-order valence-electron chi connectivity index (χ3n) is 1.99. The van der Waals surface area contributed by atoms with Gasteiger partial charge in [-0.05, 0) is 18.1 Å². The van der Waals surface area contributed by atoms with Crippen molar-refractivity contribution in [2.75, 3.05) is 6.54 Å². The molecule has 0 saturated heterocycles. The summed E-state index contributed by atoms with van der Waals surface area (Å²) in [4.78, 5) is 0. The van der Waals surface area contributed by atoms with Crippen molar-refractivity contribution >= 4 is 6.08 Å². The normalized spacial score (nSPS) is 12.3. The summed E-state index contributed by atoms with van der Waals surface area (Å²) in [5, 5.41) is 0. The van der Waals surface area contributed by atoms with Crippen LogP contribution in [0.4, 0.5) is 8.78 Å². The molecule has 1 nitrogen and oxygen atoms in total. The predicted octanol–water partition coefficient (Wildman–Crippen LogP) is 2.86. The summed E-state index contributed by atoms with van der Waals surface area (Å²) in [6.45, 7) is 1.34. The summed E-state index contributed by atoms with van der Waals surface area (Å²) in [6, 6.07) is 7.12. The minimum absolute atomic E-state index is 0.238. The quantitative estimate of drug-likeness (QED) is 0.814. The Morgan fingerprint density at radius 3 is 2.60 bits per heavy atom. The van der Waals surface area contributed by atoms with Crippen molar-refractivity contribution in [2.24, 2.45) is 5.73 Å². The maximum Gasteiger partial charge on any atom is 0.249 e. The van der Waals surface area contributed by atoms with E-state index in [9.17, 15) is 8.78 Å². The number of halogens is 2. The van der Waals surface area contributed by atoms with E-state index in [1.54, 1.807) is 24.3 Å². The molecule has 0 fully saturated rings. The summed E-state index contributed by atoms with van der Waals surface area (Å²) in [5.74, 6) is -2.67. The Balaban J connectivity index is 2.91. The molecule has 3 heteroatoms. The summed E-state index contributed by atoms with van der Waals surface area (Å²) in [5.41, 5.74) is 6.78. The molecule has 0 amide bonds. The van der Waals surface area contributed by atoms with Gasteiger partial charge in [0.05, 0.1) is 0 Å². The van der Waals surface area contributed by atoms with Crippen molar-refractivity contribution in [3.63, 3.8) is 0 Å². The molecule has 0 saturated carbocycles. The van der Waals surface area contributed by atoms with E-state index >= 15 is 0 Å². The van der Waals surface area contributed by atoms with E-state index in [4.69, 9.17) is 5.73 Å². The minimum Gasteiger partial charge on any atom is -0.327 e. The SMILES string of the molecule is CC(F)(F)Cc1ccccc1/C=C/CN. The molecule has 0 bridgehead atoms. The highest BCUT2D eigenvalue weighted by Crippen LogP contribution is 2.22. The molecule has 0 aliphatic rings. The van der Waals surface area contributed by atoms with Gasteiger partial charge in [-0.2, -0.15) is 0 Å². The van der Waals surface area contributed by atoms with Gasteiger partial charge in [0, 0.05) is 13.0 Å². The minimum atomic E-state index is -2.67. The van der Waals surface area contributed by atoms with Crippen LogP contribution in [0.2, 0.25) is 0 Å². The number of alkyl halides is 2. The zero-order valence-electron chi connectivity index (χ0n) is 8.71. The molecular formula is C12H15F2N. The molecular weight excluding hydrogens is 196 g/mol. The zero-order chi connectivity index (χ0) is 11.3. The molecule has 2 N–H and O–H groups in total. The molecule has 1 rings (SSSR count). The van der Waals surface area contributed by atoms with Crippen molar-refractivity contribution in [1.29, 1.82) is 0 Å². The second kappa shape index (κ2) is 5.03. The van der Waals surface area contributed by atoms with Crippen molar-refractivity contribution < 1.29 is 8.78 Å². The van der Waals surface area contributed by atoms with Crippen LogP contribution in [0, 0.1) is 0 Å². The van der Waals surface area contributed by atoms with Gasteiger partial charge in [0.1, 0.15) is 0 Å². The van der Waals surface area contributed by atoms with Gasteiger partial charge in [0.25, 0.3) is 0 Å². The molecule has 0 spiro atoms. The molecule has 0 radical (unpaired) electrons. The Kier molecular flexibility index (Phi) is 3.97. The van der Waals surface area contributed by atoms with Gasteiger partial charge < -0.3 is 5.73 Å². The second-order valence-corrected chi connectivity index (χ2v) is 3.58. The van der Waals surface area contributed by atoms with Crippen molar-refractivity contribution in [1.82, 2.24) is 0 Å². The van der Waals surface area contributed by atoms with Crippen LogP contribution in [0.25, 0.3) is 6.08 Å². The van der Waals surface area contributed by atoms with E-state index in [0.29, 0.717) is 12.1 Å². The fourth-order valence-corrected chi connectivity index (χ4v) is 1.39. The predicted molar refractivity (Wildman–Crippen MR) is 58.9 cm³/mol. The Labute approximate surface area is 88.6 Å². The van der Waals surface area contributed by atoms with Crippen molar-refractivity contribution in [3.05, 3.63) is 41.5 Å². The van der Waals surface area contributed by atoms with Crippen molar-refractivity contribution in [2.45, 2.75) is 19.3 Å². The maximum absolute atomic E-state index is 12.9. The topological polar surface area (TPSA) is 26.0 Å². The van der Waals surface area contributed by atoms with Gasteiger partial charge in [-0.25, -0.2) is 8.78 Å². The van der Waals surface area contributed by atoms with Crippen LogP contribution < -0.4 is 5.73 Å².